The van der Waals surface area contributed by atoms with Crippen molar-refractivity contribution in [1.82, 2.24) is 19.9 Å². The standard InChI is InChI=1S/C15H14F2N4O2/c1-22-13-3-2-12(17)6-10(13)7-14-19-15(20-23-14)11-8-18-21(9-11)5-4-16/h2-3,6,8-9H,4-5,7H2,1H3. The van der Waals surface area contributed by atoms with Crippen LogP contribution in [0.25, 0.3) is 11.4 Å². The molecule has 0 aliphatic carbocycles. The molecule has 0 aliphatic rings. The summed E-state index contributed by atoms with van der Waals surface area (Å²) >= 11 is 0. The molecule has 3 rings (SSSR count). The molecule has 2 aromatic heterocycles. The molecule has 0 atom stereocenters. The number of rotatable bonds is 6. The van der Waals surface area contributed by atoms with Crippen molar-refractivity contribution >= 4 is 0 Å². The van der Waals surface area contributed by atoms with Gasteiger partial charge in [0, 0.05) is 11.8 Å². The zero-order valence-electron chi connectivity index (χ0n) is 12.4. The van der Waals surface area contributed by atoms with Crippen molar-refractivity contribution in [3.8, 4) is 17.1 Å². The van der Waals surface area contributed by atoms with E-state index < -0.39 is 6.67 Å². The number of hydrogen-bond acceptors (Lipinski definition) is 5. The number of hydrogen-bond donors (Lipinski definition) is 0. The smallest absolute Gasteiger partial charge is 0.231 e. The van der Waals surface area contributed by atoms with Gasteiger partial charge in [-0.25, -0.2) is 8.78 Å². The van der Waals surface area contributed by atoms with E-state index in [2.05, 4.69) is 15.2 Å². The maximum Gasteiger partial charge on any atom is 0.231 e. The number of aromatic nitrogens is 4. The van der Waals surface area contributed by atoms with Crippen LogP contribution in [0.2, 0.25) is 0 Å². The molecule has 6 nitrogen and oxygen atoms in total. The van der Waals surface area contributed by atoms with Gasteiger partial charge < -0.3 is 9.26 Å². The third-order valence-electron chi connectivity index (χ3n) is 3.26. The highest BCUT2D eigenvalue weighted by Crippen LogP contribution is 2.23. The molecule has 0 fully saturated rings. The Hall–Kier alpha value is -2.77. The van der Waals surface area contributed by atoms with E-state index >= 15 is 0 Å². The molecule has 0 N–H and O–H groups in total. The van der Waals surface area contributed by atoms with E-state index in [1.165, 1.54) is 30.1 Å². The molecule has 0 bridgehead atoms. The summed E-state index contributed by atoms with van der Waals surface area (Å²) in [4.78, 5) is 4.25. The first kappa shape index (κ1) is 15.1. The van der Waals surface area contributed by atoms with Gasteiger partial charge >= 0.3 is 0 Å². The highest BCUT2D eigenvalue weighted by molar-refractivity contribution is 5.51. The van der Waals surface area contributed by atoms with E-state index in [-0.39, 0.29) is 18.8 Å². The topological polar surface area (TPSA) is 66.0 Å². The van der Waals surface area contributed by atoms with Gasteiger partial charge in [0.05, 0.1) is 31.8 Å². The quantitative estimate of drug-likeness (QED) is 0.698. The molecule has 0 unspecified atom stereocenters. The fourth-order valence-corrected chi connectivity index (χ4v) is 2.18. The van der Waals surface area contributed by atoms with Gasteiger partial charge in [0.1, 0.15) is 18.2 Å². The number of ether oxygens (including phenoxy) is 1. The number of nitrogens with zero attached hydrogens (tertiary/aromatic N) is 4. The maximum absolute atomic E-state index is 13.4. The highest BCUT2D eigenvalue weighted by atomic mass is 19.1. The number of alkyl halides is 1. The van der Waals surface area contributed by atoms with E-state index in [0.29, 0.717) is 28.6 Å². The normalized spacial score (nSPS) is 10.9. The fourth-order valence-electron chi connectivity index (χ4n) is 2.18. The van der Waals surface area contributed by atoms with Crippen LogP contribution in [0.5, 0.6) is 5.75 Å². The Balaban J connectivity index is 1.80. The summed E-state index contributed by atoms with van der Waals surface area (Å²) < 4.78 is 37.5. The predicted molar refractivity (Wildman–Crippen MR) is 77.3 cm³/mol. The molecule has 2 heterocycles. The molecule has 3 aromatic rings. The van der Waals surface area contributed by atoms with Gasteiger partial charge in [-0.15, -0.1) is 0 Å². The second kappa shape index (κ2) is 6.55. The molecule has 0 amide bonds. The Kier molecular flexibility index (Phi) is 4.31. The number of methoxy groups -OCH3 is 1. The van der Waals surface area contributed by atoms with Crippen LogP contribution < -0.4 is 4.74 Å². The van der Waals surface area contributed by atoms with Gasteiger partial charge in [0.2, 0.25) is 11.7 Å². The third kappa shape index (κ3) is 3.36. The largest absolute Gasteiger partial charge is 0.496 e. The Labute approximate surface area is 130 Å². The van der Waals surface area contributed by atoms with E-state index in [9.17, 15) is 8.78 Å². The minimum Gasteiger partial charge on any atom is -0.496 e. The second-order valence-corrected chi connectivity index (χ2v) is 4.83. The van der Waals surface area contributed by atoms with Gasteiger partial charge in [-0.2, -0.15) is 10.1 Å². The molecule has 120 valence electrons. The fraction of sp³-hybridized carbons (Fsp3) is 0.267. The monoisotopic (exact) mass is 320 g/mol. The van der Waals surface area contributed by atoms with Gasteiger partial charge in [-0.05, 0) is 18.2 Å². The van der Waals surface area contributed by atoms with E-state index in [0.717, 1.165) is 0 Å². The zero-order valence-corrected chi connectivity index (χ0v) is 12.4. The van der Waals surface area contributed by atoms with Crippen molar-refractivity contribution in [3.63, 3.8) is 0 Å². The van der Waals surface area contributed by atoms with Crippen LogP contribution in [0.15, 0.2) is 35.1 Å². The molecule has 0 saturated carbocycles. The molecular formula is C15H14F2N4O2. The average Bonchev–Trinajstić information content (AvgIpc) is 3.17. The third-order valence-corrected chi connectivity index (χ3v) is 3.26. The van der Waals surface area contributed by atoms with Crippen LogP contribution in [-0.2, 0) is 13.0 Å². The summed E-state index contributed by atoms with van der Waals surface area (Å²) in [6.45, 7) is -0.330. The van der Waals surface area contributed by atoms with Crippen molar-refractivity contribution in [3.05, 3.63) is 47.9 Å². The van der Waals surface area contributed by atoms with Crippen LogP contribution in [0.4, 0.5) is 8.78 Å². The van der Waals surface area contributed by atoms with Crippen LogP contribution in [0, 0.1) is 5.82 Å². The summed E-state index contributed by atoms with van der Waals surface area (Å²) in [5.74, 6) is 0.845. The Bertz CT molecular complexity index is 800. The number of aryl methyl sites for hydroxylation is 1. The Morgan fingerprint density at radius 2 is 2.22 bits per heavy atom. The number of halogens is 2. The van der Waals surface area contributed by atoms with Gasteiger partial charge in [-0.3, -0.25) is 4.68 Å². The lowest BCUT2D eigenvalue weighted by atomic mass is 10.1. The minimum atomic E-state index is -0.502. The molecule has 0 spiro atoms. The van der Waals surface area contributed by atoms with Crippen LogP contribution in [-0.4, -0.2) is 33.7 Å². The zero-order chi connectivity index (χ0) is 16.2. The summed E-state index contributed by atoms with van der Waals surface area (Å²) in [6, 6.07) is 4.23. The Morgan fingerprint density at radius 1 is 1.35 bits per heavy atom. The van der Waals surface area contributed by atoms with E-state index in [1.54, 1.807) is 12.3 Å². The molecule has 1 aromatic carbocycles. The Morgan fingerprint density at radius 3 is 3.00 bits per heavy atom. The SMILES string of the molecule is COc1ccc(F)cc1Cc1nc(-c2cnn(CCF)c2)no1. The molecule has 0 aliphatic heterocycles. The first-order valence-corrected chi connectivity index (χ1v) is 6.93. The molecule has 8 heteroatoms. The van der Waals surface area contributed by atoms with Gasteiger partial charge in [0.25, 0.3) is 0 Å². The van der Waals surface area contributed by atoms with Crippen LogP contribution >= 0.6 is 0 Å². The van der Waals surface area contributed by atoms with Crippen LogP contribution in [0.1, 0.15) is 11.5 Å². The molecule has 0 radical (unpaired) electrons. The van der Waals surface area contributed by atoms with Crippen molar-refractivity contribution in [2.75, 3.05) is 13.8 Å². The first-order chi connectivity index (χ1) is 11.2. The molecule has 23 heavy (non-hydrogen) atoms. The minimum absolute atomic E-state index is 0.172. The summed E-state index contributed by atoms with van der Waals surface area (Å²) in [7, 11) is 1.51. The van der Waals surface area contributed by atoms with Crippen molar-refractivity contribution in [2.45, 2.75) is 13.0 Å². The molecule has 0 saturated heterocycles. The maximum atomic E-state index is 13.4. The van der Waals surface area contributed by atoms with Crippen molar-refractivity contribution < 1.29 is 18.0 Å². The lowest BCUT2D eigenvalue weighted by Gasteiger charge is -2.05. The lowest BCUT2D eigenvalue weighted by molar-refractivity contribution is 0.379. The van der Waals surface area contributed by atoms with Crippen LogP contribution in [0.3, 0.4) is 0 Å². The predicted octanol–water partition coefficient (Wildman–Crippen LogP) is 2.64. The van der Waals surface area contributed by atoms with E-state index in [1.807, 2.05) is 0 Å². The summed E-state index contributed by atoms with van der Waals surface area (Å²) in [6.07, 6.45) is 3.41. The lowest BCUT2D eigenvalue weighted by Crippen LogP contribution is -1.98. The van der Waals surface area contributed by atoms with Gasteiger partial charge in [-0.1, -0.05) is 5.16 Å². The summed E-state index contributed by atoms with van der Waals surface area (Å²) in [5.41, 5.74) is 1.23. The first-order valence-electron chi connectivity index (χ1n) is 6.93. The highest BCUT2D eigenvalue weighted by Gasteiger charge is 2.14. The van der Waals surface area contributed by atoms with Gasteiger partial charge in [0.15, 0.2) is 0 Å². The number of benzene rings is 1. The van der Waals surface area contributed by atoms with E-state index in [4.69, 9.17) is 9.26 Å². The van der Waals surface area contributed by atoms with Crippen molar-refractivity contribution in [1.29, 1.82) is 0 Å². The molecular weight excluding hydrogens is 306 g/mol. The average molecular weight is 320 g/mol. The summed E-state index contributed by atoms with van der Waals surface area (Å²) in [5, 5.41) is 7.87. The second-order valence-electron chi connectivity index (χ2n) is 4.83. The van der Waals surface area contributed by atoms with Crippen molar-refractivity contribution in [2.24, 2.45) is 0 Å².